The van der Waals surface area contributed by atoms with E-state index < -0.39 is 17.3 Å². The number of nitrogens with zero attached hydrogens (tertiary/aromatic N) is 1. The van der Waals surface area contributed by atoms with Gasteiger partial charge in [0.2, 0.25) is 11.8 Å². The summed E-state index contributed by atoms with van der Waals surface area (Å²) >= 11 is 0. The Morgan fingerprint density at radius 2 is 2.13 bits per heavy atom. The number of halogens is 1. The molecule has 7 heteroatoms. The monoisotopic (exact) mass is 324 g/mol. The van der Waals surface area contributed by atoms with Gasteiger partial charge in [-0.05, 0) is 25.0 Å². The van der Waals surface area contributed by atoms with E-state index in [1.54, 1.807) is 12.1 Å². The number of benzene rings is 1. The second kappa shape index (κ2) is 7.41. The van der Waals surface area contributed by atoms with Gasteiger partial charge in [-0.3, -0.25) is 9.59 Å². The number of hydrogen-bond donors (Lipinski definition) is 2. The molecule has 0 radical (unpaired) electrons. The molecule has 1 aromatic carbocycles. The van der Waals surface area contributed by atoms with E-state index in [0.717, 1.165) is 0 Å². The minimum Gasteiger partial charge on any atom is -0.490 e. The summed E-state index contributed by atoms with van der Waals surface area (Å²) in [5.41, 5.74) is 3.87. The highest BCUT2D eigenvalue weighted by atomic mass is 19.1. The maximum absolute atomic E-state index is 13.4. The molecule has 2 rings (SSSR count). The van der Waals surface area contributed by atoms with Crippen LogP contribution in [0.3, 0.4) is 0 Å². The minimum absolute atomic E-state index is 0.0461. The number of carbonyl (C=O) groups excluding carboxylic acids is 2. The molecule has 1 aliphatic heterocycles. The SMILES string of the molecule is NC(=O)CC1(O)CCCN(C(=O)CCOc2ccccc2F)C1. The van der Waals surface area contributed by atoms with Gasteiger partial charge in [0, 0.05) is 13.1 Å². The normalized spacial score (nSPS) is 21.0. The van der Waals surface area contributed by atoms with Gasteiger partial charge in [0.25, 0.3) is 0 Å². The highest BCUT2D eigenvalue weighted by molar-refractivity contribution is 5.77. The lowest BCUT2D eigenvalue weighted by Gasteiger charge is -2.38. The first kappa shape index (κ1) is 17.2. The summed E-state index contributed by atoms with van der Waals surface area (Å²) in [5, 5.41) is 10.3. The molecule has 3 N–H and O–H groups in total. The number of para-hydroxylation sites is 1. The van der Waals surface area contributed by atoms with Gasteiger partial charge in [0.1, 0.15) is 0 Å². The summed E-state index contributed by atoms with van der Waals surface area (Å²) < 4.78 is 18.7. The third-order valence-electron chi connectivity index (χ3n) is 3.82. The number of nitrogens with two attached hydrogens (primary N) is 1. The molecule has 0 spiro atoms. The van der Waals surface area contributed by atoms with Crippen molar-refractivity contribution in [2.45, 2.75) is 31.3 Å². The van der Waals surface area contributed by atoms with Gasteiger partial charge < -0.3 is 20.5 Å². The largest absolute Gasteiger partial charge is 0.490 e. The van der Waals surface area contributed by atoms with Crippen molar-refractivity contribution in [1.29, 1.82) is 0 Å². The molecule has 126 valence electrons. The molecule has 0 aliphatic carbocycles. The van der Waals surface area contributed by atoms with Crippen molar-refractivity contribution in [1.82, 2.24) is 4.90 Å². The zero-order valence-corrected chi connectivity index (χ0v) is 12.8. The standard InChI is InChI=1S/C16H21FN2O4/c17-12-4-1-2-5-13(12)23-9-6-15(21)19-8-3-7-16(22,11-19)10-14(18)20/h1-2,4-5,22H,3,6-11H2,(H2,18,20). The number of likely N-dealkylation sites (tertiary alicyclic amines) is 1. The Morgan fingerprint density at radius 3 is 2.83 bits per heavy atom. The van der Waals surface area contributed by atoms with Gasteiger partial charge in [-0.1, -0.05) is 12.1 Å². The molecule has 2 amide bonds. The third-order valence-corrected chi connectivity index (χ3v) is 3.82. The van der Waals surface area contributed by atoms with E-state index in [9.17, 15) is 19.1 Å². The van der Waals surface area contributed by atoms with Crippen LogP contribution < -0.4 is 10.5 Å². The van der Waals surface area contributed by atoms with E-state index in [1.807, 2.05) is 0 Å². The van der Waals surface area contributed by atoms with Crippen LogP contribution in [0.4, 0.5) is 4.39 Å². The Hall–Kier alpha value is -2.15. The van der Waals surface area contributed by atoms with Crippen LogP contribution in [0.1, 0.15) is 25.7 Å². The number of amides is 2. The van der Waals surface area contributed by atoms with Crippen molar-refractivity contribution < 1.29 is 23.8 Å². The summed E-state index contributed by atoms with van der Waals surface area (Å²) in [7, 11) is 0. The number of primary amides is 1. The Morgan fingerprint density at radius 1 is 1.39 bits per heavy atom. The molecule has 1 saturated heterocycles. The predicted octanol–water partition coefficient (Wildman–Crippen LogP) is 0.823. The van der Waals surface area contributed by atoms with Crippen molar-refractivity contribution in [3.8, 4) is 5.75 Å². The van der Waals surface area contributed by atoms with E-state index in [2.05, 4.69) is 0 Å². The van der Waals surface area contributed by atoms with Crippen molar-refractivity contribution in [3.63, 3.8) is 0 Å². The number of carbonyl (C=O) groups is 2. The molecule has 1 heterocycles. The molecule has 1 fully saturated rings. The summed E-state index contributed by atoms with van der Waals surface area (Å²) in [5.74, 6) is -1.17. The average molecular weight is 324 g/mol. The third kappa shape index (κ3) is 4.92. The molecular weight excluding hydrogens is 303 g/mol. The summed E-state index contributed by atoms with van der Waals surface area (Å²) in [6, 6.07) is 5.98. The number of rotatable bonds is 6. The topological polar surface area (TPSA) is 92.9 Å². The summed E-state index contributed by atoms with van der Waals surface area (Å²) in [4.78, 5) is 24.7. The van der Waals surface area contributed by atoms with Gasteiger partial charge in [0.15, 0.2) is 11.6 Å². The zero-order chi connectivity index (χ0) is 16.9. The fourth-order valence-corrected chi connectivity index (χ4v) is 2.76. The molecular formula is C16H21FN2O4. The summed E-state index contributed by atoms with van der Waals surface area (Å²) in [6.45, 7) is 0.637. The Labute approximate surface area is 134 Å². The highest BCUT2D eigenvalue weighted by Crippen LogP contribution is 2.24. The van der Waals surface area contributed by atoms with Crippen LogP contribution in [-0.4, -0.2) is 47.1 Å². The lowest BCUT2D eigenvalue weighted by atomic mass is 9.89. The highest BCUT2D eigenvalue weighted by Gasteiger charge is 2.36. The second-order valence-corrected chi connectivity index (χ2v) is 5.82. The van der Waals surface area contributed by atoms with E-state index in [-0.39, 0.29) is 37.6 Å². The van der Waals surface area contributed by atoms with Gasteiger partial charge in [-0.2, -0.15) is 0 Å². The van der Waals surface area contributed by atoms with E-state index >= 15 is 0 Å². The molecule has 0 aromatic heterocycles. The van der Waals surface area contributed by atoms with Crippen LogP contribution in [0.15, 0.2) is 24.3 Å². The molecule has 1 unspecified atom stereocenters. The van der Waals surface area contributed by atoms with Gasteiger partial charge >= 0.3 is 0 Å². The number of piperidine rings is 1. The maximum Gasteiger partial charge on any atom is 0.226 e. The van der Waals surface area contributed by atoms with Crippen molar-refractivity contribution >= 4 is 11.8 Å². The lowest BCUT2D eigenvalue weighted by molar-refractivity contribution is -0.142. The lowest BCUT2D eigenvalue weighted by Crippen LogP contribution is -2.52. The van der Waals surface area contributed by atoms with Crippen LogP contribution in [0.25, 0.3) is 0 Å². The van der Waals surface area contributed by atoms with Crippen molar-refractivity contribution in [2.24, 2.45) is 5.73 Å². The van der Waals surface area contributed by atoms with E-state index in [4.69, 9.17) is 10.5 Å². The predicted molar refractivity (Wildman–Crippen MR) is 81.1 cm³/mol. The average Bonchev–Trinajstić information content (AvgIpc) is 2.47. The van der Waals surface area contributed by atoms with E-state index in [1.165, 1.54) is 17.0 Å². The molecule has 23 heavy (non-hydrogen) atoms. The van der Waals surface area contributed by atoms with Gasteiger partial charge in [0.05, 0.1) is 25.0 Å². The molecule has 6 nitrogen and oxygen atoms in total. The van der Waals surface area contributed by atoms with Gasteiger partial charge in [-0.15, -0.1) is 0 Å². The minimum atomic E-state index is -1.26. The second-order valence-electron chi connectivity index (χ2n) is 5.82. The molecule has 1 aromatic rings. The zero-order valence-electron chi connectivity index (χ0n) is 12.8. The first-order valence-corrected chi connectivity index (χ1v) is 7.55. The number of β-amino-alcohol motifs (C(OH)–C–C–N with tert-alkyl or cyclic N) is 1. The van der Waals surface area contributed by atoms with Gasteiger partial charge in [-0.25, -0.2) is 4.39 Å². The molecule has 1 aliphatic rings. The first-order valence-electron chi connectivity index (χ1n) is 7.55. The van der Waals surface area contributed by atoms with Crippen LogP contribution in [0.2, 0.25) is 0 Å². The number of ether oxygens (including phenoxy) is 1. The van der Waals surface area contributed by atoms with Crippen molar-refractivity contribution in [2.75, 3.05) is 19.7 Å². The van der Waals surface area contributed by atoms with Crippen LogP contribution in [0, 0.1) is 5.82 Å². The smallest absolute Gasteiger partial charge is 0.226 e. The van der Waals surface area contributed by atoms with Crippen LogP contribution >= 0.6 is 0 Å². The quantitative estimate of drug-likeness (QED) is 0.810. The first-order chi connectivity index (χ1) is 10.9. The van der Waals surface area contributed by atoms with E-state index in [0.29, 0.717) is 19.4 Å². The Kier molecular flexibility index (Phi) is 5.54. The fraction of sp³-hybridized carbons (Fsp3) is 0.500. The van der Waals surface area contributed by atoms with Crippen molar-refractivity contribution in [3.05, 3.63) is 30.1 Å². The fourth-order valence-electron chi connectivity index (χ4n) is 2.76. The molecule has 0 saturated carbocycles. The molecule has 1 atom stereocenters. The number of aliphatic hydroxyl groups is 1. The Bertz CT molecular complexity index is 581. The van der Waals surface area contributed by atoms with Crippen LogP contribution in [0.5, 0.6) is 5.75 Å². The van der Waals surface area contributed by atoms with Crippen LogP contribution in [-0.2, 0) is 9.59 Å². The Balaban J connectivity index is 1.83. The summed E-state index contributed by atoms with van der Waals surface area (Å²) in [6.07, 6.45) is 0.943. The number of hydrogen-bond acceptors (Lipinski definition) is 4. The maximum atomic E-state index is 13.4. The molecule has 0 bridgehead atoms.